The van der Waals surface area contributed by atoms with E-state index in [-0.39, 0.29) is 5.97 Å². The first-order chi connectivity index (χ1) is 7.24. The first-order valence-corrected chi connectivity index (χ1v) is 5.29. The molecule has 0 aromatic heterocycles. The third-order valence-corrected chi connectivity index (χ3v) is 1.96. The molecule has 0 heterocycles. The fourth-order valence-corrected chi connectivity index (χ4v) is 1.09. The molecule has 0 rings (SSSR count). The number of rotatable bonds is 8. The van der Waals surface area contributed by atoms with E-state index in [1.165, 1.54) is 6.08 Å². The van der Waals surface area contributed by atoms with E-state index >= 15 is 0 Å². The molecule has 0 aliphatic heterocycles. The van der Waals surface area contributed by atoms with Crippen LogP contribution in [0, 0.1) is 0 Å². The second-order valence-corrected chi connectivity index (χ2v) is 3.04. The Morgan fingerprint density at radius 3 is 2.67 bits per heavy atom. The topological polar surface area (TPSA) is 38.8 Å². The van der Waals surface area contributed by atoms with Crippen molar-refractivity contribution in [3.63, 3.8) is 0 Å². The van der Waals surface area contributed by atoms with Crippen LogP contribution in [-0.4, -0.2) is 50.8 Å². The largest absolute Gasteiger partial charge is 0.463 e. The third-order valence-electron chi connectivity index (χ3n) is 1.96. The van der Waals surface area contributed by atoms with Gasteiger partial charge in [-0.2, -0.15) is 0 Å². The molecule has 0 aliphatic carbocycles. The summed E-state index contributed by atoms with van der Waals surface area (Å²) in [6, 6.07) is 0. The monoisotopic (exact) mass is 215 g/mol. The van der Waals surface area contributed by atoms with E-state index in [1.54, 1.807) is 14.0 Å². The summed E-state index contributed by atoms with van der Waals surface area (Å²) < 4.78 is 9.75. The summed E-state index contributed by atoms with van der Waals surface area (Å²) in [7, 11) is 1.68. The highest BCUT2D eigenvalue weighted by Gasteiger charge is 1.99. The molecule has 0 atom stereocenters. The molecule has 0 aliphatic rings. The quantitative estimate of drug-likeness (QED) is 0.448. The number of methoxy groups -OCH3 is 1. The van der Waals surface area contributed by atoms with Gasteiger partial charge in [0.1, 0.15) is 0 Å². The molecule has 0 unspecified atom stereocenters. The Labute approximate surface area is 91.8 Å². The zero-order valence-corrected chi connectivity index (χ0v) is 9.86. The molecule has 15 heavy (non-hydrogen) atoms. The third kappa shape index (κ3) is 8.15. The molecular weight excluding hydrogens is 194 g/mol. The van der Waals surface area contributed by atoms with Crippen molar-refractivity contribution < 1.29 is 14.3 Å². The second-order valence-electron chi connectivity index (χ2n) is 3.04. The average Bonchev–Trinajstić information content (AvgIpc) is 2.23. The minimum absolute atomic E-state index is 0.278. The summed E-state index contributed by atoms with van der Waals surface area (Å²) in [6.07, 6.45) is 3.29. The summed E-state index contributed by atoms with van der Waals surface area (Å²) in [5.74, 6) is -0.278. The predicted octanol–water partition coefficient (Wildman–Crippen LogP) is 1.07. The number of carbonyl (C=O) groups is 1. The molecule has 0 amide bonds. The second kappa shape index (κ2) is 9.68. The highest BCUT2D eigenvalue weighted by molar-refractivity contribution is 5.81. The van der Waals surface area contributed by atoms with Crippen molar-refractivity contribution in [1.82, 2.24) is 4.90 Å². The fraction of sp³-hybridized carbons (Fsp3) is 0.727. The Kier molecular flexibility index (Phi) is 9.11. The molecule has 0 fully saturated rings. The number of hydrogen-bond acceptors (Lipinski definition) is 4. The first kappa shape index (κ1) is 14.1. The van der Waals surface area contributed by atoms with Gasteiger partial charge in [-0.15, -0.1) is 0 Å². The molecule has 0 saturated heterocycles. The lowest BCUT2D eigenvalue weighted by molar-refractivity contribution is -0.137. The number of esters is 1. The molecule has 0 aromatic carbocycles. The lowest BCUT2D eigenvalue weighted by atomic mass is 10.4. The van der Waals surface area contributed by atoms with Crippen LogP contribution < -0.4 is 0 Å². The van der Waals surface area contributed by atoms with E-state index in [0.717, 1.165) is 19.6 Å². The van der Waals surface area contributed by atoms with Crippen LogP contribution in [0.25, 0.3) is 0 Å². The molecule has 4 nitrogen and oxygen atoms in total. The van der Waals surface area contributed by atoms with Gasteiger partial charge in [0.2, 0.25) is 0 Å². The van der Waals surface area contributed by atoms with Gasteiger partial charge in [0.25, 0.3) is 0 Å². The minimum atomic E-state index is -0.278. The molecule has 88 valence electrons. The van der Waals surface area contributed by atoms with Gasteiger partial charge in [-0.1, -0.05) is 13.0 Å². The number of ether oxygens (including phenoxy) is 2. The van der Waals surface area contributed by atoms with Crippen LogP contribution in [0.5, 0.6) is 0 Å². The summed E-state index contributed by atoms with van der Waals surface area (Å²) in [6.45, 7) is 7.57. The van der Waals surface area contributed by atoms with E-state index in [4.69, 9.17) is 9.47 Å². The van der Waals surface area contributed by atoms with Gasteiger partial charge < -0.3 is 9.47 Å². The molecule has 0 radical (unpaired) electrons. The van der Waals surface area contributed by atoms with Crippen molar-refractivity contribution in [3.8, 4) is 0 Å². The summed E-state index contributed by atoms with van der Waals surface area (Å²) in [5.41, 5.74) is 0. The molecule has 0 bridgehead atoms. The van der Waals surface area contributed by atoms with E-state index in [2.05, 4.69) is 11.8 Å². The highest BCUT2D eigenvalue weighted by Crippen LogP contribution is 1.89. The smallest absolute Gasteiger partial charge is 0.330 e. The number of hydrogen-bond donors (Lipinski definition) is 0. The van der Waals surface area contributed by atoms with Gasteiger partial charge in [-0.3, -0.25) is 4.90 Å². The van der Waals surface area contributed by atoms with Crippen LogP contribution in [0.15, 0.2) is 12.2 Å². The Hall–Kier alpha value is -0.870. The molecule has 0 spiro atoms. The lowest BCUT2D eigenvalue weighted by Gasteiger charge is -2.17. The zero-order valence-electron chi connectivity index (χ0n) is 9.86. The van der Waals surface area contributed by atoms with Crippen LogP contribution in [0.2, 0.25) is 0 Å². The van der Waals surface area contributed by atoms with Gasteiger partial charge in [0.15, 0.2) is 0 Å². The molecule has 4 heteroatoms. The maximum atomic E-state index is 11.0. The van der Waals surface area contributed by atoms with Gasteiger partial charge in [-0.05, 0) is 13.5 Å². The molecule has 0 N–H and O–H groups in total. The molecule has 0 aromatic rings. The van der Waals surface area contributed by atoms with Crippen molar-refractivity contribution in [2.24, 2.45) is 0 Å². The maximum Gasteiger partial charge on any atom is 0.330 e. The number of nitrogens with zero attached hydrogens (tertiary/aromatic N) is 1. The van der Waals surface area contributed by atoms with Gasteiger partial charge in [0, 0.05) is 26.3 Å². The maximum absolute atomic E-state index is 11.0. The molecular formula is C11H21NO3. The Balaban J connectivity index is 3.73. The van der Waals surface area contributed by atoms with Crippen molar-refractivity contribution >= 4 is 5.97 Å². The fourth-order valence-electron chi connectivity index (χ4n) is 1.09. The van der Waals surface area contributed by atoms with Crippen LogP contribution in [0.4, 0.5) is 0 Å². The van der Waals surface area contributed by atoms with Gasteiger partial charge >= 0.3 is 5.97 Å². The van der Waals surface area contributed by atoms with Crippen LogP contribution in [0.1, 0.15) is 13.8 Å². The number of likely N-dealkylation sites (N-methyl/N-ethyl adjacent to an activating group) is 1. The Morgan fingerprint density at radius 2 is 2.13 bits per heavy atom. The van der Waals surface area contributed by atoms with Crippen molar-refractivity contribution in [1.29, 1.82) is 0 Å². The average molecular weight is 215 g/mol. The summed E-state index contributed by atoms with van der Waals surface area (Å²) in [5, 5.41) is 0. The molecule has 0 saturated carbocycles. The predicted molar refractivity (Wildman–Crippen MR) is 59.8 cm³/mol. The van der Waals surface area contributed by atoms with E-state index < -0.39 is 0 Å². The van der Waals surface area contributed by atoms with E-state index in [1.807, 2.05) is 6.08 Å². The first-order valence-electron chi connectivity index (χ1n) is 5.29. The Morgan fingerprint density at radius 1 is 1.40 bits per heavy atom. The normalized spacial score (nSPS) is 11.2. The summed E-state index contributed by atoms with van der Waals surface area (Å²) in [4.78, 5) is 13.2. The summed E-state index contributed by atoms with van der Waals surface area (Å²) >= 11 is 0. The number of carbonyl (C=O) groups excluding carboxylic acids is 1. The van der Waals surface area contributed by atoms with E-state index in [9.17, 15) is 4.79 Å². The SMILES string of the molecule is CCOC(=O)/C=C/CN(CC)CCOC. The zero-order chi connectivity index (χ0) is 11.5. The highest BCUT2D eigenvalue weighted by atomic mass is 16.5. The minimum Gasteiger partial charge on any atom is -0.463 e. The lowest BCUT2D eigenvalue weighted by Crippen LogP contribution is -2.27. The van der Waals surface area contributed by atoms with Crippen molar-refractivity contribution in [2.45, 2.75) is 13.8 Å². The standard InChI is InChI=1S/C11H21NO3/c1-4-12(9-10-14-3)8-6-7-11(13)15-5-2/h6-7H,4-5,8-10H2,1-3H3/b7-6+. The van der Waals surface area contributed by atoms with Crippen LogP contribution in [0.3, 0.4) is 0 Å². The van der Waals surface area contributed by atoms with Crippen LogP contribution in [-0.2, 0) is 14.3 Å². The Bertz CT molecular complexity index is 192. The van der Waals surface area contributed by atoms with Gasteiger partial charge in [-0.25, -0.2) is 4.79 Å². The van der Waals surface area contributed by atoms with Gasteiger partial charge in [0.05, 0.1) is 13.2 Å². The van der Waals surface area contributed by atoms with Crippen molar-refractivity contribution in [3.05, 3.63) is 12.2 Å². The van der Waals surface area contributed by atoms with E-state index in [0.29, 0.717) is 13.2 Å². The van der Waals surface area contributed by atoms with Crippen LogP contribution >= 0.6 is 0 Å². The van der Waals surface area contributed by atoms with Crippen molar-refractivity contribution in [2.75, 3.05) is 40.0 Å².